The normalized spacial score (nSPS) is 45.3. The van der Waals surface area contributed by atoms with E-state index in [1.807, 2.05) is 0 Å². The predicted molar refractivity (Wildman–Crippen MR) is 34.0 cm³/mol. The summed E-state index contributed by atoms with van der Waals surface area (Å²) in [6.45, 7) is 2.35. The van der Waals surface area contributed by atoms with Crippen molar-refractivity contribution in [2.75, 3.05) is 13.1 Å². The molecule has 0 radical (unpaired) electrons. The second-order valence-electron chi connectivity index (χ2n) is 3.58. The Kier molecular flexibility index (Phi) is 0.994. The number of alkyl halides is 2. The molecule has 1 aliphatic carbocycles. The van der Waals surface area contributed by atoms with Gasteiger partial charge >= 0.3 is 0 Å². The summed E-state index contributed by atoms with van der Waals surface area (Å²) in [5.74, 6) is -2.21. The van der Waals surface area contributed by atoms with E-state index in [9.17, 15) is 8.78 Å². The summed E-state index contributed by atoms with van der Waals surface area (Å²) in [7, 11) is 0. The van der Waals surface area contributed by atoms with Gasteiger partial charge in [-0.25, -0.2) is 8.78 Å². The van der Waals surface area contributed by atoms with Gasteiger partial charge in [-0.15, -0.1) is 0 Å². The van der Waals surface area contributed by atoms with Crippen molar-refractivity contribution in [1.29, 1.82) is 0 Å². The minimum Gasteiger partial charge on any atom is -0.316 e. The van der Waals surface area contributed by atoms with Gasteiger partial charge in [0.1, 0.15) is 0 Å². The van der Waals surface area contributed by atoms with Gasteiger partial charge in [0.05, 0.1) is 5.41 Å². The summed E-state index contributed by atoms with van der Waals surface area (Å²) in [5, 5.41) is 2.99. The minimum absolute atomic E-state index is 0.257. The van der Waals surface area contributed by atoms with Crippen molar-refractivity contribution in [3.05, 3.63) is 0 Å². The quantitative estimate of drug-likeness (QED) is 0.588. The maximum atomic E-state index is 12.8. The maximum absolute atomic E-state index is 12.8. The molecule has 1 N–H and O–H groups in total. The zero-order valence-electron chi connectivity index (χ0n) is 5.95. The second kappa shape index (κ2) is 1.52. The van der Waals surface area contributed by atoms with Crippen molar-refractivity contribution < 1.29 is 8.78 Å². The Morgan fingerprint density at radius 1 is 1.60 bits per heavy atom. The number of hydrogen-bond donors (Lipinski definition) is 1. The van der Waals surface area contributed by atoms with Crippen molar-refractivity contribution in [2.45, 2.75) is 19.3 Å². The Balaban J connectivity index is 2.18. The van der Waals surface area contributed by atoms with E-state index in [1.165, 1.54) is 0 Å². The molecule has 0 aromatic heterocycles. The Hall–Kier alpha value is -0.180. The largest absolute Gasteiger partial charge is 0.316 e. The third kappa shape index (κ3) is 0.590. The van der Waals surface area contributed by atoms with Crippen LogP contribution in [0, 0.1) is 11.3 Å². The molecule has 1 saturated heterocycles. The van der Waals surface area contributed by atoms with Gasteiger partial charge in [0.15, 0.2) is 0 Å². The fraction of sp³-hybridized carbons (Fsp3) is 1.00. The van der Waals surface area contributed by atoms with E-state index in [4.69, 9.17) is 0 Å². The lowest BCUT2D eigenvalue weighted by molar-refractivity contribution is -0.0521. The van der Waals surface area contributed by atoms with Gasteiger partial charge in [-0.05, 0) is 25.8 Å². The highest BCUT2D eigenvalue weighted by Gasteiger charge is 2.68. The van der Waals surface area contributed by atoms with E-state index in [0.717, 1.165) is 19.9 Å². The van der Waals surface area contributed by atoms with Gasteiger partial charge in [-0.3, -0.25) is 0 Å². The summed E-state index contributed by atoms with van der Waals surface area (Å²) in [6.07, 6.45) is 0.726. The van der Waals surface area contributed by atoms with E-state index in [1.54, 1.807) is 0 Å². The van der Waals surface area contributed by atoms with Crippen LogP contribution >= 0.6 is 0 Å². The first kappa shape index (κ1) is 6.53. The Morgan fingerprint density at radius 3 is 2.50 bits per heavy atom. The molecule has 10 heavy (non-hydrogen) atoms. The standard InChI is InChI=1S/C7H11F2N/c1-6(8,9)7-2-5(7)3-10-4-7/h5,10H,2-4H2,1H3. The van der Waals surface area contributed by atoms with Gasteiger partial charge < -0.3 is 5.32 Å². The first-order valence-corrected chi connectivity index (χ1v) is 3.65. The van der Waals surface area contributed by atoms with Crippen LogP contribution in [0.3, 0.4) is 0 Å². The zero-order valence-corrected chi connectivity index (χ0v) is 5.95. The summed E-state index contributed by atoms with van der Waals surface area (Å²) >= 11 is 0. The summed E-state index contributed by atoms with van der Waals surface area (Å²) < 4.78 is 25.6. The van der Waals surface area contributed by atoms with E-state index < -0.39 is 11.3 Å². The summed E-state index contributed by atoms with van der Waals surface area (Å²) in [5.41, 5.74) is -0.646. The average molecular weight is 147 g/mol. The van der Waals surface area contributed by atoms with Crippen LogP contribution in [0.25, 0.3) is 0 Å². The van der Waals surface area contributed by atoms with Gasteiger partial charge in [0, 0.05) is 6.54 Å². The molecule has 0 spiro atoms. The van der Waals surface area contributed by atoms with Gasteiger partial charge in [-0.2, -0.15) is 0 Å². The topological polar surface area (TPSA) is 12.0 Å². The number of fused-ring (bicyclic) bond motifs is 1. The molecule has 0 bridgehead atoms. The molecule has 1 aliphatic heterocycles. The van der Waals surface area contributed by atoms with Crippen molar-refractivity contribution in [3.63, 3.8) is 0 Å². The predicted octanol–water partition coefficient (Wildman–Crippen LogP) is 1.25. The lowest BCUT2D eigenvalue weighted by Crippen LogP contribution is -2.31. The van der Waals surface area contributed by atoms with E-state index >= 15 is 0 Å². The van der Waals surface area contributed by atoms with Crippen molar-refractivity contribution in [3.8, 4) is 0 Å². The van der Waals surface area contributed by atoms with Crippen LogP contribution in [-0.2, 0) is 0 Å². The highest BCUT2D eigenvalue weighted by molar-refractivity contribution is 5.14. The lowest BCUT2D eigenvalue weighted by atomic mass is 9.99. The van der Waals surface area contributed by atoms with Crippen LogP contribution in [0.4, 0.5) is 8.78 Å². The number of rotatable bonds is 1. The summed E-state index contributed by atoms with van der Waals surface area (Å²) in [4.78, 5) is 0. The van der Waals surface area contributed by atoms with Crippen LogP contribution in [0.15, 0.2) is 0 Å². The number of piperidine rings is 1. The maximum Gasteiger partial charge on any atom is 0.252 e. The van der Waals surface area contributed by atoms with Crippen LogP contribution in [0.5, 0.6) is 0 Å². The highest BCUT2D eigenvalue weighted by Crippen LogP contribution is 2.63. The van der Waals surface area contributed by atoms with E-state index in [-0.39, 0.29) is 5.92 Å². The first-order valence-electron chi connectivity index (χ1n) is 3.65. The van der Waals surface area contributed by atoms with Crippen LogP contribution < -0.4 is 5.32 Å². The molecule has 2 unspecified atom stereocenters. The van der Waals surface area contributed by atoms with Crippen molar-refractivity contribution >= 4 is 0 Å². The lowest BCUT2D eigenvalue weighted by Gasteiger charge is -2.19. The molecule has 58 valence electrons. The average Bonchev–Trinajstić information content (AvgIpc) is 2.36. The van der Waals surface area contributed by atoms with Crippen LogP contribution in [0.2, 0.25) is 0 Å². The molecule has 0 aromatic rings. The molecule has 0 aromatic carbocycles. The first-order chi connectivity index (χ1) is 4.56. The van der Waals surface area contributed by atoms with Gasteiger partial charge in [0.25, 0.3) is 5.92 Å². The van der Waals surface area contributed by atoms with Crippen LogP contribution in [0.1, 0.15) is 13.3 Å². The molecule has 3 heteroatoms. The molecule has 1 heterocycles. The molecule has 2 atom stereocenters. The van der Waals surface area contributed by atoms with E-state index in [2.05, 4.69) is 5.32 Å². The van der Waals surface area contributed by atoms with Gasteiger partial charge in [0.2, 0.25) is 0 Å². The SMILES string of the molecule is CC(F)(F)C12CNCC1C2. The molecule has 2 fully saturated rings. The summed E-state index contributed by atoms with van der Waals surface area (Å²) in [6, 6.07) is 0. The fourth-order valence-corrected chi connectivity index (χ4v) is 2.03. The van der Waals surface area contributed by atoms with Crippen molar-refractivity contribution in [1.82, 2.24) is 5.32 Å². The third-order valence-corrected chi connectivity index (χ3v) is 2.94. The van der Waals surface area contributed by atoms with Crippen LogP contribution in [-0.4, -0.2) is 19.0 Å². The highest BCUT2D eigenvalue weighted by atomic mass is 19.3. The molecule has 2 aliphatic rings. The number of halogens is 2. The second-order valence-corrected chi connectivity index (χ2v) is 3.58. The molecular weight excluding hydrogens is 136 g/mol. The minimum atomic E-state index is -2.47. The zero-order chi connectivity index (χ0) is 7.41. The molecule has 1 nitrogen and oxygen atoms in total. The van der Waals surface area contributed by atoms with E-state index in [0.29, 0.717) is 6.54 Å². The monoisotopic (exact) mass is 147 g/mol. The van der Waals surface area contributed by atoms with Crippen molar-refractivity contribution in [2.24, 2.45) is 11.3 Å². The molecule has 1 saturated carbocycles. The number of hydrogen-bond acceptors (Lipinski definition) is 1. The molecule has 2 rings (SSSR count). The third-order valence-electron chi connectivity index (χ3n) is 2.94. The molecular formula is C7H11F2N. The fourth-order valence-electron chi connectivity index (χ4n) is 2.03. The Morgan fingerprint density at radius 2 is 2.30 bits per heavy atom. The Labute approximate surface area is 58.8 Å². The van der Waals surface area contributed by atoms with Gasteiger partial charge in [-0.1, -0.05) is 0 Å². The Bertz CT molecular complexity index is 163. The smallest absolute Gasteiger partial charge is 0.252 e. The molecule has 0 amide bonds. The number of nitrogens with one attached hydrogen (secondary N) is 1.